The van der Waals surface area contributed by atoms with E-state index in [0.717, 1.165) is 5.56 Å². The molecule has 0 unspecified atom stereocenters. The number of methoxy groups -OCH3 is 1. The van der Waals surface area contributed by atoms with Gasteiger partial charge < -0.3 is 14.5 Å². The molecule has 0 aliphatic rings. The number of aromatic nitrogens is 1. The first-order chi connectivity index (χ1) is 13.3. The van der Waals surface area contributed by atoms with Gasteiger partial charge in [-0.05, 0) is 18.2 Å². The summed E-state index contributed by atoms with van der Waals surface area (Å²) in [4.78, 5) is 24.0. The quantitative estimate of drug-likeness (QED) is 0.601. The van der Waals surface area contributed by atoms with Crippen LogP contribution in [0.15, 0.2) is 56.6 Å². The third kappa shape index (κ3) is 4.24. The molecule has 10 heteroatoms. The van der Waals surface area contributed by atoms with Gasteiger partial charge in [-0.2, -0.15) is 0 Å². The van der Waals surface area contributed by atoms with E-state index in [1.54, 1.807) is 13.2 Å². The van der Waals surface area contributed by atoms with Crippen molar-refractivity contribution in [2.75, 3.05) is 7.11 Å². The molecule has 3 rings (SSSR count). The highest BCUT2D eigenvalue weighted by Gasteiger charge is 2.15. The number of oxazole rings is 1. The van der Waals surface area contributed by atoms with Gasteiger partial charge >= 0.3 is 5.76 Å². The lowest BCUT2D eigenvalue weighted by Crippen LogP contribution is -2.26. The number of hydrogen-bond acceptors (Lipinski definition) is 6. The molecule has 0 aliphatic heterocycles. The van der Waals surface area contributed by atoms with Crippen molar-refractivity contribution in [3.8, 4) is 5.75 Å². The van der Waals surface area contributed by atoms with E-state index < -0.39 is 15.8 Å². The van der Waals surface area contributed by atoms with E-state index in [0.29, 0.717) is 17.8 Å². The lowest BCUT2D eigenvalue weighted by atomic mass is 10.2. The Labute approximate surface area is 160 Å². The van der Waals surface area contributed by atoms with Crippen LogP contribution in [-0.2, 0) is 27.9 Å². The summed E-state index contributed by atoms with van der Waals surface area (Å²) in [5.74, 6) is -0.266. The van der Waals surface area contributed by atoms with Crippen LogP contribution in [-0.4, -0.2) is 26.0 Å². The lowest BCUT2D eigenvalue weighted by molar-refractivity contribution is -0.121. The van der Waals surface area contributed by atoms with Crippen LogP contribution < -0.4 is 20.9 Å². The zero-order chi connectivity index (χ0) is 20.3. The number of ether oxygens (including phenoxy) is 1. The largest absolute Gasteiger partial charge is 0.496 e. The second-order valence-corrected chi connectivity index (χ2v) is 7.59. The van der Waals surface area contributed by atoms with Gasteiger partial charge in [-0.3, -0.25) is 9.36 Å². The van der Waals surface area contributed by atoms with Gasteiger partial charge in [-0.15, -0.1) is 0 Å². The van der Waals surface area contributed by atoms with Crippen LogP contribution in [0.1, 0.15) is 12.0 Å². The number of primary sulfonamides is 1. The van der Waals surface area contributed by atoms with E-state index in [4.69, 9.17) is 14.3 Å². The number of hydrogen-bond donors (Lipinski definition) is 2. The number of carbonyl (C=O) groups excluding carboxylic acids is 1. The molecule has 1 amide bonds. The first kappa shape index (κ1) is 19.6. The maximum atomic E-state index is 12.2. The maximum absolute atomic E-state index is 12.2. The Bertz CT molecular complexity index is 1180. The molecular formula is C18H19N3O6S. The SMILES string of the molecule is COc1ccccc1CNC(=O)CCn1c(=O)oc2cc(S(N)(=O)=O)ccc21. The van der Waals surface area contributed by atoms with Gasteiger partial charge in [0.2, 0.25) is 15.9 Å². The van der Waals surface area contributed by atoms with Crippen molar-refractivity contribution in [3.05, 3.63) is 58.6 Å². The first-order valence-electron chi connectivity index (χ1n) is 8.34. The Morgan fingerprint density at radius 1 is 1.25 bits per heavy atom. The number of nitrogens with two attached hydrogens (primary N) is 1. The maximum Gasteiger partial charge on any atom is 0.419 e. The van der Waals surface area contributed by atoms with Gasteiger partial charge in [-0.25, -0.2) is 18.4 Å². The Balaban J connectivity index is 1.69. The van der Waals surface area contributed by atoms with Crippen LogP contribution in [0.4, 0.5) is 0 Å². The summed E-state index contributed by atoms with van der Waals surface area (Å²) in [5, 5.41) is 7.85. The number of rotatable bonds is 7. The summed E-state index contributed by atoms with van der Waals surface area (Å²) in [5.41, 5.74) is 1.31. The lowest BCUT2D eigenvalue weighted by Gasteiger charge is -2.09. The van der Waals surface area contributed by atoms with Gasteiger partial charge in [-0.1, -0.05) is 18.2 Å². The van der Waals surface area contributed by atoms with Crippen LogP contribution in [0.5, 0.6) is 5.75 Å². The van der Waals surface area contributed by atoms with Crippen LogP contribution in [0.2, 0.25) is 0 Å². The molecule has 0 atom stereocenters. The second kappa shape index (κ2) is 7.87. The van der Waals surface area contributed by atoms with E-state index in [-0.39, 0.29) is 29.4 Å². The summed E-state index contributed by atoms with van der Waals surface area (Å²) in [7, 11) is -2.35. The predicted molar refractivity (Wildman–Crippen MR) is 101 cm³/mol. The van der Waals surface area contributed by atoms with Crippen LogP contribution in [0, 0.1) is 0 Å². The number of carbonyl (C=O) groups is 1. The zero-order valence-corrected chi connectivity index (χ0v) is 15.9. The molecule has 0 saturated carbocycles. The summed E-state index contributed by atoms with van der Waals surface area (Å²) >= 11 is 0. The minimum absolute atomic E-state index is 0.0423. The highest BCUT2D eigenvalue weighted by atomic mass is 32.2. The molecule has 1 aromatic heterocycles. The molecule has 0 radical (unpaired) electrons. The Kier molecular flexibility index (Phi) is 5.52. The topological polar surface area (TPSA) is 134 Å². The van der Waals surface area contributed by atoms with E-state index in [1.807, 2.05) is 18.2 Å². The molecule has 0 spiro atoms. The third-order valence-corrected chi connectivity index (χ3v) is 5.11. The number of fused-ring (bicyclic) bond motifs is 1. The van der Waals surface area contributed by atoms with Crippen molar-refractivity contribution in [2.24, 2.45) is 5.14 Å². The number of sulfonamides is 1. The highest BCUT2D eigenvalue weighted by molar-refractivity contribution is 7.89. The molecule has 1 heterocycles. The molecule has 3 aromatic rings. The summed E-state index contributed by atoms with van der Waals surface area (Å²) in [6.07, 6.45) is 0.0423. The van der Waals surface area contributed by atoms with Gasteiger partial charge in [0.1, 0.15) is 5.75 Å². The smallest absolute Gasteiger partial charge is 0.419 e. The summed E-state index contributed by atoms with van der Waals surface area (Å²) in [6, 6.07) is 11.2. The number of nitrogens with zero attached hydrogens (tertiary/aromatic N) is 1. The Hall–Kier alpha value is -3.11. The van der Waals surface area contributed by atoms with E-state index >= 15 is 0 Å². The van der Waals surface area contributed by atoms with Gasteiger partial charge in [0.25, 0.3) is 0 Å². The zero-order valence-electron chi connectivity index (χ0n) is 15.0. The molecule has 9 nitrogen and oxygen atoms in total. The fourth-order valence-corrected chi connectivity index (χ4v) is 3.31. The average Bonchev–Trinajstić information content (AvgIpc) is 2.98. The first-order valence-corrected chi connectivity index (χ1v) is 9.89. The van der Waals surface area contributed by atoms with Gasteiger partial charge in [0.05, 0.1) is 17.5 Å². The molecule has 0 saturated heterocycles. The number of para-hydroxylation sites is 1. The van der Waals surface area contributed by atoms with Crippen molar-refractivity contribution in [1.29, 1.82) is 0 Å². The molecule has 2 aromatic carbocycles. The van der Waals surface area contributed by atoms with Crippen LogP contribution in [0.25, 0.3) is 11.1 Å². The van der Waals surface area contributed by atoms with E-state index in [1.165, 1.54) is 22.8 Å². The number of nitrogens with one attached hydrogen (secondary N) is 1. The van der Waals surface area contributed by atoms with Gasteiger partial charge in [0.15, 0.2) is 5.58 Å². The normalized spacial score (nSPS) is 11.5. The summed E-state index contributed by atoms with van der Waals surface area (Å²) in [6.45, 7) is 0.375. The Morgan fingerprint density at radius 2 is 2.00 bits per heavy atom. The molecule has 148 valence electrons. The summed E-state index contributed by atoms with van der Waals surface area (Å²) < 4.78 is 34.4. The molecule has 0 fully saturated rings. The van der Waals surface area contributed by atoms with Gasteiger partial charge in [0, 0.05) is 31.1 Å². The van der Waals surface area contributed by atoms with E-state index in [2.05, 4.69) is 5.32 Å². The molecule has 28 heavy (non-hydrogen) atoms. The number of amides is 1. The third-order valence-electron chi connectivity index (χ3n) is 4.20. The standard InChI is InChI=1S/C18H19N3O6S/c1-26-15-5-3-2-4-12(15)11-20-17(22)8-9-21-14-7-6-13(28(19,24)25)10-16(14)27-18(21)23/h2-7,10H,8-9,11H2,1H3,(H,20,22)(H2,19,24,25). The Morgan fingerprint density at radius 3 is 2.71 bits per heavy atom. The molecule has 0 bridgehead atoms. The molecule has 3 N–H and O–H groups in total. The average molecular weight is 405 g/mol. The minimum atomic E-state index is -3.91. The fourth-order valence-electron chi connectivity index (χ4n) is 2.78. The molecular weight excluding hydrogens is 386 g/mol. The highest BCUT2D eigenvalue weighted by Crippen LogP contribution is 2.18. The van der Waals surface area contributed by atoms with Crippen molar-refractivity contribution in [2.45, 2.75) is 24.4 Å². The van der Waals surface area contributed by atoms with Crippen molar-refractivity contribution in [1.82, 2.24) is 9.88 Å². The van der Waals surface area contributed by atoms with Crippen LogP contribution in [0.3, 0.4) is 0 Å². The second-order valence-electron chi connectivity index (χ2n) is 6.03. The number of benzene rings is 2. The monoisotopic (exact) mass is 405 g/mol. The predicted octanol–water partition coefficient (Wildman–Crippen LogP) is 0.957. The van der Waals surface area contributed by atoms with Crippen molar-refractivity contribution in [3.63, 3.8) is 0 Å². The molecule has 0 aliphatic carbocycles. The van der Waals surface area contributed by atoms with Crippen molar-refractivity contribution >= 4 is 27.0 Å². The number of aryl methyl sites for hydroxylation is 1. The van der Waals surface area contributed by atoms with Crippen LogP contribution >= 0.6 is 0 Å². The minimum Gasteiger partial charge on any atom is -0.496 e. The fraction of sp³-hybridized carbons (Fsp3) is 0.222. The van der Waals surface area contributed by atoms with E-state index in [9.17, 15) is 18.0 Å². The van der Waals surface area contributed by atoms with Crippen molar-refractivity contribution < 1.29 is 22.4 Å².